The van der Waals surface area contributed by atoms with Gasteiger partial charge in [-0.2, -0.15) is 0 Å². The van der Waals surface area contributed by atoms with Crippen LogP contribution in [-0.4, -0.2) is 36.3 Å². The minimum Gasteiger partial charge on any atom is -0.329 e. The van der Waals surface area contributed by atoms with Gasteiger partial charge < -0.3 is 5.73 Å². The lowest BCUT2D eigenvalue weighted by Gasteiger charge is -2.23. The van der Waals surface area contributed by atoms with Crippen LogP contribution in [0.5, 0.6) is 0 Å². The van der Waals surface area contributed by atoms with Crippen LogP contribution in [0.25, 0.3) is 0 Å². The van der Waals surface area contributed by atoms with Crippen molar-refractivity contribution in [1.82, 2.24) is 4.90 Å². The number of nitrogens with two attached hydrogens (primary N) is 1. The molecule has 0 spiro atoms. The molecule has 1 aliphatic rings. The van der Waals surface area contributed by atoms with Gasteiger partial charge in [0.05, 0.1) is 0 Å². The van der Waals surface area contributed by atoms with Crippen LogP contribution < -0.4 is 5.73 Å². The van der Waals surface area contributed by atoms with Gasteiger partial charge in [-0.05, 0) is 49.3 Å². The molecule has 0 amide bonds. The Bertz CT molecular complexity index is 350. The van der Waals surface area contributed by atoms with E-state index in [0.29, 0.717) is 6.04 Å². The van der Waals surface area contributed by atoms with Gasteiger partial charge in [0.2, 0.25) is 0 Å². The molecule has 1 unspecified atom stereocenters. The number of hydrogen-bond donors (Lipinski definition) is 1. The van der Waals surface area contributed by atoms with Crippen LogP contribution in [0.2, 0.25) is 0 Å². The number of nitrogens with zero attached hydrogens (tertiary/aromatic N) is 1. The normalized spacial score (nSPS) is 20.4. The molecule has 0 aromatic heterocycles. The highest BCUT2D eigenvalue weighted by Crippen LogP contribution is 2.23. The van der Waals surface area contributed by atoms with Crippen molar-refractivity contribution in [2.75, 3.05) is 25.4 Å². The van der Waals surface area contributed by atoms with E-state index < -0.39 is 0 Å². The summed E-state index contributed by atoms with van der Waals surface area (Å²) in [5, 5.41) is 0. The highest BCUT2D eigenvalue weighted by Gasteiger charge is 2.23. The molecule has 0 bridgehead atoms. The van der Waals surface area contributed by atoms with Crippen molar-refractivity contribution in [3.05, 3.63) is 29.8 Å². The van der Waals surface area contributed by atoms with E-state index in [1.54, 1.807) is 0 Å². The molecule has 1 heterocycles. The van der Waals surface area contributed by atoms with E-state index >= 15 is 0 Å². The molecule has 0 saturated carbocycles. The zero-order valence-electron chi connectivity index (χ0n) is 11.3. The van der Waals surface area contributed by atoms with Crippen LogP contribution in [0.3, 0.4) is 0 Å². The van der Waals surface area contributed by atoms with Crippen LogP contribution in [0.1, 0.15) is 25.3 Å². The topological polar surface area (TPSA) is 29.3 Å². The Balaban J connectivity index is 1.92. The highest BCUT2D eigenvalue weighted by molar-refractivity contribution is 7.99. The van der Waals surface area contributed by atoms with Crippen LogP contribution in [0.15, 0.2) is 29.2 Å². The zero-order valence-corrected chi connectivity index (χ0v) is 12.1. The third-order valence-corrected chi connectivity index (χ3v) is 4.52. The Morgan fingerprint density at radius 2 is 2.11 bits per heavy atom. The van der Waals surface area contributed by atoms with E-state index in [4.69, 9.17) is 5.73 Å². The first kappa shape index (κ1) is 13.9. The molecule has 100 valence electrons. The standard InChI is InChI=1S/C15H24N2S/c1-2-18-15-7-5-13(6-8-15)12-14-4-3-10-17(14)11-9-16/h5-8,14H,2-4,9-12,16H2,1H3. The molecule has 1 fully saturated rings. The third-order valence-electron chi connectivity index (χ3n) is 3.62. The number of thioether (sulfide) groups is 1. The van der Waals surface area contributed by atoms with Gasteiger partial charge in [0.25, 0.3) is 0 Å². The number of likely N-dealkylation sites (tertiary alicyclic amines) is 1. The fourth-order valence-corrected chi connectivity index (χ4v) is 3.41. The molecule has 2 rings (SSSR count). The molecule has 2 N–H and O–H groups in total. The van der Waals surface area contributed by atoms with Gasteiger partial charge in [0.1, 0.15) is 0 Å². The van der Waals surface area contributed by atoms with E-state index in [1.807, 2.05) is 11.8 Å². The third kappa shape index (κ3) is 3.74. The molecule has 1 saturated heterocycles. The van der Waals surface area contributed by atoms with Gasteiger partial charge in [0.15, 0.2) is 0 Å². The number of rotatable bonds is 6. The van der Waals surface area contributed by atoms with Crippen LogP contribution >= 0.6 is 11.8 Å². The smallest absolute Gasteiger partial charge is 0.0137 e. The van der Waals surface area contributed by atoms with Crippen LogP contribution in [-0.2, 0) is 6.42 Å². The predicted molar refractivity (Wildman–Crippen MR) is 80.2 cm³/mol. The molecule has 1 aromatic rings. The summed E-state index contributed by atoms with van der Waals surface area (Å²) in [6, 6.07) is 9.80. The maximum absolute atomic E-state index is 5.67. The maximum atomic E-state index is 5.67. The van der Waals surface area contributed by atoms with Gasteiger partial charge in [-0.15, -0.1) is 11.8 Å². The van der Waals surface area contributed by atoms with Crippen molar-refractivity contribution in [2.24, 2.45) is 5.73 Å². The molecule has 0 radical (unpaired) electrons. The molecule has 1 aromatic carbocycles. The second-order valence-electron chi connectivity index (χ2n) is 4.90. The van der Waals surface area contributed by atoms with Gasteiger partial charge in [0, 0.05) is 24.0 Å². The summed E-state index contributed by atoms with van der Waals surface area (Å²) in [6.07, 6.45) is 3.83. The zero-order chi connectivity index (χ0) is 12.8. The van der Waals surface area contributed by atoms with E-state index in [1.165, 1.54) is 36.3 Å². The minimum absolute atomic E-state index is 0.707. The molecular weight excluding hydrogens is 240 g/mol. The monoisotopic (exact) mass is 264 g/mol. The summed E-state index contributed by atoms with van der Waals surface area (Å²) in [7, 11) is 0. The van der Waals surface area contributed by atoms with Crippen molar-refractivity contribution >= 4 is 11.8 Å². The highest BCUT2D eigenvalue weighted by atomic mass is 32.2. The first-order valence-corrected chi connectivity index (χ1v) is 7.98. The van der Waals surface area contributed by atoms with Crippen molar-refractivity contribution in [2.45, 2.75) is 37.1 Å². The predicted octanol–water partition coefficient (Wildman–Crippen LogP) is 2.76. The minimum atomic E-state index is 0.707. The van der Waals surface area contributed by atoms with Crippen LogP contribution in [0.4, 0.5) is 0 Å². The Kier molecular flexibility index (Phi) is 5.54. The lowest BCUT2D eigenvalue weighted by molar-refractivity contribution is 0.259. The quantitative estimate of drug-likeness (QED) is 0.801. The average Bonchev–Trinajstić information content (AvgIpc) is 2.80. The molecule has 1 atom stereocenters. The van der Waals surface area contributed by atoms with Crippen molar-refractivity contribution in [3.8, 4) is 0 Å². The van der Waals surface area contributed by atoms with Crippen molar-refractivity contribution in [1.29, 1.82) is 0 Å². The van der Waals surface area contributed by atoms with Gasteiger partial charge >= 0.3 is 0 Å². The Morgan fingerprint density at radius 1 is 1.33 bits per heavy atom. The van der Waals surface area contributed by atoms with Gasteiger partial charge in [-0.3, -0.25) is 4.90 Å². The summed E-state index contributed by atoms with van der Waals surface area (Å²) in [5.41, 5.74) is 7.14. The lowest BCUT2D eigenvalue weighted by Crippen LogP contribution is -2.35. The summed E-state index contributed by atoms with van der Waals surface area (Å²) >= 11 is 1.91. The summed E-state index contributed by atoms with van der Waals surface area (Å²) in [6.45, 7) is 5.25. The molecule has 0 aliphatic carbocycles. The van der Waals surface area contributed by atoms with E-state index in [9.17, 15) is 0 Å². The second-order valence-corrected chi connectivity index (χ2v) is 6.24. The maximum Gasteiger partial charge on any atom is 0.0137 e. The molecule has 3 heteroatoms. The van der Waals surface area contributed by atoms with Crippen molar-refractivity contribution < 1.29 is 0 Å². The van der Waals surface area contributed by atoms with Crippen molar-refractivity contribution in [3.63, 3.8) is 0 Å². The van der Waals surface area contributed by atoms with E-state index in [2.05, 4.69) is 36.1 Å². The van der Waals surface area contributed by atoms with Gasteiger partial charge in [-0.25, -0.2) is 0 Å². The molecule has 2 nitrogen and oxygen atoms in total. The van der Waals surface area contributed by atoms with Crippen LogP contribution in [0, 0.1) is 0 Å². The number of hydrogen-bond acceptors (Lipinski definition) is 3. The largest absolute Gasteiger partial charge is 0.329 e. The Hall–Kier alpha value is -0.510. The SMILES string of the molecule is CCSc1ccc(CC2CCCN2CCN)cc1. The van der Waals surface area contributed by atoms with E-state index in [0.717, 1.165) is 18.8 Å². The second kappa shape index (κ2) is 7.17. The summed E-state index contributed by atoms with van der Waals surface area (Å²) in [4.78, 5) is 3.93. The summed E-state index contributed by atoms with van der Waals surface area (Å²) < 4.78 is 0. The first-order valence-electron chi connectivity index (χ1n) is 6.99. The fourth-order valence-electron chi connectivity index (χ4n) is 2.75. The summed E-state index contributed by atoms with van der Waals surface area (Å²) in [5.74, 6) is 1.15. The molecule has 18 heavy (non-hydrogen) atoms. The van der Waals surface area contributed by atoms with E-state index in [-0.39, 0.29) is 0 Å². The first-order chi connectivity index (χ1) is 8.83. The van der Waals surface area contributed by atoms with Gasteiger partial charge in [-0.1, -0.05) is 19.1 Å². The average molecular weight is 264 g/mol. The Morgan fingerprint density at radius 3 is 2.78 bits per heavy atom. The fraction of sp³-hybridized carbons (Fsp3) is 0.600. The molecule has 1 aliphatic heterocycles. The molecular formula is C15H24N2S. The number of benzene rings is 1. The lowest BCUT2D eigenvalue weighted by atomic mass is 10.0. The Labute approximate surface area is 115 Å².